The van der Waals surface area contributed by atoms with Crippen LogP contribution in [-0.4, -0.2) is 41.0 Å². The first kappa shape index (κ1) is 18.3. The molecule has 0 bridgehead atoms. The van der Waals surface area contributed by atoms with Crippen molar-refractivity contribution in [3.05, 3.63) is 17.5 Å². The lowest BCUT2D eigenvalue weighted by Gasteiger charge is -2.06. The number of hydrogen-bond acceptors (Lipinski definition) is 5. The minimum absolute atomic E-state index is 0. The molecule has 1 aromatic rings. The zero-order chi connectivity index (χ0) is 13.4. The molecule has 9 heteroatoms. The van der Waals surface area contributed by atoms with Gasteiger partial charge in [0.1, 0.15) is 4.21 Å². The van der Waals surface area contributed by atoms with Crippen LogP contribution in [0.15, 0.2) is 21.7 Å². The second-order valence-electron chi connectivity index (χ2n) is 3.56. The van der Waals surface area contributed by atoms with Gasteiger partial charge in [0.05, 0.1) is 6.54 Å². The van der Waals surface area contributed by atoms with Crippen molar-refractivity contribution in [2.24, 2.45) is 0 Å². The van der Waals surface area contributed by atoms with Gasteiger partial charge in [-0.25, -0.2) is 13.1 Å². The number of carbonyl (C=O) groups is 1. The summed E-state index contributed by atoms with van der Waals surface area (Å²) in [5.74, 6) is -0.328. The van der Waals surface area contributed by atoms with Crippen LogP contribution in [0.2, 0.25) is 0 Å². The Morgan fingerprint density at radius 2 is 2.11 bits per heavy atom. The Morgan fingerprint density at radius 1 is 1.37 bits per heavy atom. The van der Waals surface area contributed by atoms with Crippen LogP contribution in [0, 0.1) is 0 Å². The molecule has 1 rings (SSSR count). The molecular weight excluding hydrogens is 310 g/mol. The molecule has 3 N–H and O–H groups in total. The highest BCUT2D eigenvalue weighted by Gasteiger charge is 2.15. The summed E-state index contributed by atoms with van der Waals surface area (Å²) in [6.07, 6.45) is 0.805. The predicted octanol–water partition coefficient (Wildman–Crippen LogP) is 0.174. The Kier molecular flexibility index (Phi) is 8.94. The van der Waals surface area contributed by atoms with E-state index in [1.54, 1.807) is 11.4 Å². The lowest BCUT2D eigenvalue weighted by Crippen LogP contribution is -2.37. The van der Waals surface area contributed by atoms with Crippen LogP contribution in [0.1, 0.15) is 6.42 Å². The van der Waals surface area contributed by atoms with Gasteiger partial charge in [-0.05, 0) is 31.5 Å². The van der Waals surface area contributed by atoms with Gasteiger partial charge in [0.2, 0.25) is 5.91 Å². The molecular formula is C10H18ClN3O3S2. The first-order chi connectivity index (χ1) is 8.56. The fraction of sp³-hybridized carbons (Fsp3) is 0.500. The monoisotopic (exact) mass is 327 g/mol. The maximum absolute atomic E-state index is 11.7. The Hall–Kier alpha value is -0.670. The summed E-state index contributed by atoms with van der Waals surface area (Å²) in [6, 6.07) is 3.15. The van der Waals surface area contributed by atoms with Crippen LogP contribution in [0.25, 0.3) is 0 Å². The molecule has 0 unspecified atom stereocenters. The van der Waals surface area contributed by atoms with Crippen molar-refractivity contribution in [3.63, 3.8) is 0 Å². The van der Waals surface area contributed by atoms with E-state index in [9.17, 15) is 13.2 Å². The number of halogens is 1. The minimum Gasteiger partial charge on any atom is -0.355 e. The van der Waals surface area contributed by atoms with Gasteiger partial charge >= 0.3 is 0 Å². The van der Waals surface area contributed by atoms with Gasteiger partial charge in [0.25, 0.3) is 10.0 Å². The highest BCUT2D eigenvalue weighted by molar-refractivity contribution is 7.91. The molecule has 1 amide bonds. The van der Waals surface area contributed by atoms with Crippen LogP contribution in [0.3, 0.4) is 0 Å². The van der Waals surface area contributed by atoms with Crippen LogP contribution in [0.4, 0.5) is 0 Å². The lowest BCUT2D eigenvalue weighted by atomic mass is 10.4. The van der Waals surface area contributed by atoms with Crippen LogP contribution >= 0.6 is 23.7 Å². The van der Waals surface area contributed by atoms with Gasteiger partial charge in [0, 0.05) is 6.54 Å². The number of sulfonamides is 1. The molecule has 19 heavy (non-hydrogen) atoms. The zero-order valence-corrected chi connectivity index (χ0v) is 13.0. The van der Waals surface area contributed by atoms with E-state index >= 15 is 0 Å². The number of nitrogens with one attached hydrogen (secondary N) is 3. The molecule has 110 valence electrons. The Bertz CT molecular complexity index is 462. The first-order valence-electron chi connectivity index (χ1n) is 5.51. The van der Waals surface area contributed by atoms with E-state index in [4.69, 9.17) is 0 Å². The molecule has 0 radical (unpaired) electrons. The van der Waals surface area contributed by atoms with E-state index in [0.717, 1.165) is 24.3 Å². The molecule has 0 saturated carbocycles. The van der Waals surface area contributed by atoms with Crippen LogP contribution in [-0.2, 0) is 14.8 Å². The van der Waals surface area contributed by atoms with Gasteiger partial charge in [-0.15, -0.1) is 23.7 Å². The third-order valence-electron chi connectivity index (χ3n) is 2.11. The summed E-state index contributed by atoms with van der Waals surface area (Å²) < 4.78 is 25.8. The predicted molar refractivity (Wildman–Crippen MR) is 78.3 cm³/mol. The second kappa shape index (κ2) is 9.27. The summed E-state index contributed by atoms with van der Waals surface area (Å²) in [6.45, 7) is 1.10. The first-order valence-corrected chi connectivity index (χ1v) is 7.87. The molecule has 0 aliphatic carbocycles. The van der Waals surface area contributed by atoms with Crippen molar-refractivity contribution >= 4 is 39.7 Å². The largest absolute Gasteiger partial charge is 0.355 e. The van der Waals surface area contributed by atoms with Crippen LogP contribution < -0.4 is 15.4 Å². The fourth-order valence-electron chi connectivity index (χ4n) is 1.20. The fourth-order valence-corrected chi connectivity index (χ4v) is 3.22. The molecule has 0 saturated heterocycles. The van der Waals surface area contributed by atoms with E-state index in [2.05, 4.69) is 15.4 Å². The third kappa shape index (κ3) is 6.88. The average molecular weight is 328 g/mol. The number of hydrogen-bond donors (Lipinski definition) is 3. The SMILES string of the molecule is CNCCCNC(=O)CNS(=O)(=O)c1cccs1.Cl. The highest BCUT2D eigenvalue weighted by Crippen LogP contribution is 2.14. The highest BCUT2D eigenvalue weighted by atomic mass is 35.5. The maximum atomic E-state index is 11.7. The van der Waals surface area contributed by atoms with Crippen molar-refractivity contribution in [1.29, 1.82) is 0 Å². The molecule has 0 aliphatic rings. The summed E-state index contributed by atoms with van der Waals surface area (Å²) in [7, 11) is -1.72. The van der Waals surface area contributed by atoms with E-state index in [0.29, 0.717) is 6.54 Å². The number of thiophene rings is 1. The Morgan fingerprint density at radius 3 is 2.68 bits per heavy atom. The molecule has 0 spiro atoms. The van der Waals surface area contributed by atoms with Crippen molar-refractivity contribution < 1.29 is 13.2 Å². The van der Waals surface area contributed by atoms with Gasteiger partial charge < -0.3 is 10.6 Å². The smallest absolute Gasteiger partial charge is 0.250 e. The second-order valence-corrected chi connectivity index (χ2v) is 6.51. The summed E-state index contributed by atoms with van der Waals surface area (Å²) >= 11 is 1.12. The normalized spacial score (nSPS) is 10.8. The molecule has 0 aliphatic heterocycles. The molecule has 6 nitrogen and oxygen atoms in total. The van der Waals surface area contributed by atoms with E-state index < -0.39 is 10.0 Å². The topological polar surface area (TPSA) is 87.3 Å². The summed E-state index contributed by atoms with van der Waals surface area (Å²) in [4.78, 5) is 11.4. The van der Waals surface area contributed by atoms with Crippen molar-refractivity contribution in [2.75, 3.05) is 26.7 Å². The van der Waals surface area contributed by atoms with Gasteiger partial charge in [0.15, 0.2) is 0 Å². The van der Waals surface area contributed by atoms with Crippen molar-refractivity contribution in [3.8, 4) is 0 Å². The standard InChI is InChI=1S/C10H17N3O3S2.ClH/c1-11-5-3-6-12-9(14)8-13-18(15,16)10-4-2-7-17-10;/h2,4,7,11,13H,3,5-6,8H2,1H3,(H,12,14);1H. The molecule has 1 aromatic heterocycles. The minimum atomic E-state index is -3.55. The number of rotatable bonds is 8. The maximum Gasteiger partial charge on any atom is 0.250 e. The lowest BCUT2D eigenvalue weighted by molar-refractivity contribution is -0.119. The zero-order valence-electron chi connectivity index (χ0n) is 10.5. The van der Waals surface area contributed by atoms with Crippen molar-refractivity contribution in [2.45, 2.75) is 10.6 Å². The van der Waals surface area contributed by atoms with Crippen molar-refractivity contribution in [1.82, 2.24) is 15.4 Å². The molecule has 0 atom stereocenters. The average Bonchev–Trinajstić information content (AvgIpc) is 2.87. The number of amides is 1. The summed E-state index contributed by atoms with van der Waals surface area (Å²) in [5, 5.41) is 7.26. The van der Waals surface area contributed by atoms with E-state index in [-0.39, 0.29) is 29.1 Å². The van der Waals surface area contributed by atoms with E-state index in [1.807, 2.05) is 7.05 Å². The van der Waals surface area contributed by atoms with Gasteiger partial charge in [-0.3, -0.25) is 4.79 Å². The quantitative estimate of drug-likeness (QED) is 0.594. The Labute approximate surface area is 123 Å². The molecule has 1 heterocycles. The van der Waals surface area contributed by atoms with E-state index in [1.165, 1.54) is 6.07 Å². The van der Waals surface area contributed by atoms with Gasteiger partial charge in [-0.2, -0.15) is 0 Å². The molecule has 0 fully saturated rings. The third-order valence-corrected chi connectivity index (χ3v) is 4.91. The van der Waals surface area contributed by atoms with Gasteiger partial charge in [-0.1, -0.05) is 6.07 Å². The number of carbonyl (C=O) groups excluding carboxylic acids is 1. The molecule has 0 aromatic carbocycles. The summed E-state index contributed by atoms with van der Waals surface area (Å²) in [5.41, 5.74) is 0. The van der Waals surface area contributed by atoms with Crippen LogP contribution in [0.5, 0.6) is 0 Å². The Balaban J connectivity index is 0.00000324.